The molecule has 2 amide bonds. The fourth-order valence-corrected chi connectivity index (χ4v) is 4.92. The van der Waals surface area contributed by atoms with Crippen molar-refractivity contribution < 1.29 is 23.5 Å². The molecule has 0 saturated carbocycles. The molecule has 0 unspecified atom stereocenters. The number of carbonyl (C=O) groups excluding carboxylic acids is 2. The van der Waals surface area contributed by atoms with E-state index >= 15 is 0 Å². The first-order chi connectivity index (χ1) is 18.1. The quantitative estimate of drug-likeness (QED) is 0.429. The van der Waals surface area contributed by atoms with Gasteiger partial charge in [0.25, 0.3) is 18.2 Å². The smallest absolute Gasteiger partial charge is 0.284 e. The molecule has 0 spiro atoms. The Balaban J connectivity index is 1.21. The topological polar surface area (TPSA) is 132 Å². The lowest BCUT2D eigenvalue weighted by atomic mass is 9.96. The van der Waals surface area contributed by atoms with Crippen LogP contribution < -0.4 is 5.32 Å². The van der Waals surface area contributed by atoms with Crippen LogP contribution in [0.2, 0.25) is 0 Å². The number of carbonyl (C=O) groups is 2. The number of H-pyrrole nitrogens is 1. The maximum atomic E-state index is 13.8. The lowest BCUT2D eigenvalue weighted by Crippen LogP contribution is -2.57. The first-order valence-corrected chi connectivity index (χ1v) is 12.5. The van der Waals surface area contributed by atoms with Crippen molar-refractivity contribution in [2.45, 2.75) is 50.8 Å². The Hall–Kier alpha value is -3.71. The number of halogens is 2. The van der Waals surface area contributed by atoms with Crippen LogP contribution in [-0.2, 0) is 4.79 Å². The van der Waals surface area contributed by atoms with Crippen LogP contribution in [0.25, 0.3) is 11.4 Å². The summed E-state index contributed by atoms with van der Waals surface area (Å²) in [5.74, 6) is -0.891. The van der Waals surface area contributed by atoms with Gasteiger partial charge in [0.1, 0.15) is 17.0 Å². The van der Waals surface area contributed by atoms with Gasteiger partial charge in [0.15, 0.2) is 5.69 Å². The van der Waals surface area contributed by atoms with E-state index in [1.165, 1.54) is 30.8 Å². The molecule has 0 atom stereocenters. The number of anilines is 1. The van der Waals surface area contributed by atoms with E-state index in [9.17, 15) is 23.5 Å². The molecule has 5 heterocycles. The van der Waals surface area contributed by atoms with Crippen LogP contribution in [0, 0.1) is 0 Å². The van der Waals surface area contributed by atoms with Gasteiger partial charge in [-0.25, -0.2) is 13.8 Å². The van der Waals surface area contributed by atoms with Crippen molar-refractivity contribution in [1.82, 2.24) is 34.8 Å². The van der Waals surface area contributed by atoms with Gasteiger partial charge in [-0.15, -0.1) is 0 Å². The van der Waals surface area contributed by atoms with E-state index in [1.807, 2.05) is 0 Å². The number of pyridine rings is 1. The summed E-state index contributed by atoms with van der Waals surface area (Å²) in [5.41, 5.74) is -0.809. The normalized spacial score (nSPS) is 17.6. The van der Waals surface area contributed by atoms with Gasteiger partial charge in [0.05, 0.1) is 17.4 Å². The Morgan fingerprint density at radius 3 is 2.50 bits per heavy atom. The summed E-state index contributed by atoms with van der Waals surface area (Å²) >= 11 is 0. The number of alkyl halides is 2. The van der Waals surface area contributed by atoms with Gasteiger partial charge in [0, 0.05) is 44.6 Å². The Bertz CT molecular complexity index is 1290. The van der Waals surface area contributed by atoms with Gasteiger partial charge >= 0.3 is 0 Å². The highest BCUT2D eigenvalue weighted by molar-refractivity contribution is 6.03. The summed E-state index contributed by atoms with van der Waals surface area (Å²) in [6.07, 6.45) is 1.78. The van der Waals surface area contributed by atoms with Crippen molar-refractivity contribution in [1.29, 1.82) is 0 Å². The third kappa shape index (κ3) is 5.29. The van der Waals surface area contributed by atoms with Gasteiger partial charge in [-0.2, -0.15) is 10.2 Å². The number of amides is 2. The van der Waals surface area contributed by atoms with Crippen LogP contribution in [0.5, 0.6) is 0 Å². The molecule has 3 aromatic heterocycles. The average Bonchev–Trinajstić information content (AvgIpc) is 3.53. The summed E-state index contributed by atoms with van der Waals surface area (Å²) in [6.45, 7) is 5.38. The number of aromatic nitrogens is 5. The van der Waals surface area contributed by atoms with E-state index in [0.29, 0.717) is 37.6 Å². The molecule has 0 bridgehead atoms. The number of nitrogens with one attached hydrogen (secondary N) is 2. The number of hydrogen-bond donors (Lipinski definition) is 3. The van der Waals surface area contributed by atoms with Crippen molar-refractivity contribution in [3.8, 4) is 11.4 Å². The summed E-state index contributed by atoms with van der Waals surface area (Å²) in [5, 5.41) is 23.3. The third-order valence-corrected chi connectivity index (χ3v) is 7.02. The number of aromatic amines is 1. The van der Waals surface area contributed by atoms with Gasteiger partial charge in [-0.1, -0.05) is 6.07 Å². The highest BCUT2D eigenvalue weighted by Gasteiger charge is 2.38. The van der Waals surface area contributed by atoms with Gasteiger partial charge < -0.3 is 15.3 Å². The van der Waals surface area contributed by atoms with Gasteiger partial charge in [-0.05, 0) is 44.9 Å². The molecular weight excluding hydrogens is 498 g/mol. The molecule has 11 nitrogen and oxygen atoms in total. The summed E-state index contributed by atoms with van der Waals surface area (Å²) in [7, 11) is 0. The average molecular weight is 529 g/mol. The van der Waals surface area contributed by atoms with Crippen LogP contribution in [0.1, 0.15) is 55.3 Å². The Labute approximate surface area is 217 Å². The molecule has 2 fully saturated rings. The van der Waals surface area contributed by atoms with Crippen molar-refractivity contribution in [3.05, 3.63) is 48.0 Å². The molecule has 0 aromatic carbocycles. The summed E-state index contributed by atoms with van der Waals surface area (Å²) < 4.78 is 29.0. The second kappa shape index (κ2) is 10.2. The monoisotopic (exact) mass is 528 g/mol. The molecule has 2 saturated heterocycles. The van der Waals surface area contributed by atoms with Crippen LogP contribution in [-0.4, -0.2) is 89.5 Å². The van der Waals surface area contributed by atoms with E-state index in [4.69, 9.17) is 0 Å². The number of aliphatic hydroxyl groups is 1. The molecule has 5 rings (SSSR count). The molecule has 202 valence electrons. The fraction of sp³-hybridized carbons (Fsp3) is 0.480. The second-order valence-corrected chi connectivity index (χ2v) is 10.2. The maximum absolute atomic E-state index is 13.8. The zero-order valence-corrected chi connectivity index (χ0v) is 21.1. The largest absolute Gasteiger partial charge is 0.381 e. The van der Waals surface area contributed by atoms with Gasteiger partial charge in [-0.3, -0.25) is 24.3 Å². The number of piperidine rings is 1. The molecule has 0 aliphatic carbocycles. The molecule has 2 aliphatic rings. The highest BCUT2D eigenvalue weighted by Crippen LogP contribution is 2.32. The van der Waals surface area contributed by atoms with Crippen LogP contribution in [0.15, 0.2) is 36.7 Å². The summed E-state index contributed by atoms with van der Waals surface area (Å²) in [6, 6.07) is 6.74. The van der Waals surface area contributed by atoms with E-state index in [2.05, 4.69) is 30.5 Å². The predicted molar refractivity (Wildman–Crippen MR) is 133 cm³/mol. The number of nitrogens with zero attached hydrogens (tertiary/aromatic N) is 6. The van der Waals surface area contributed by atoms with Crippen molar-refractivity contribution in [2.75, 3.05) is 31.5 Å². The molecule has 13 heteroatoms. The highest BCUT2D eigenvalue weighted by atomic mass is 19.3. The lowest BCUT2D eigenvalue weighted by Gasteiger charge is -2.47. The van der Waals surface area contributed by atoms with Crippen molar-refractivity contribution >= 4 is 17.5 Å². The second-order valence-electron chi connectivity index (χ2n) is 10.2. The van der Waals surface area contributed by atoms with E-state index in [0.717, 1.165) is 12.8 Å². The third-order valence-electron chi connectivity index (χ3n) is 7.02. The van der Waals surface area contributed by atoms with E-state index in [-0.39, 0.29) is 29.4 Å². The van der Waals surface area contributed by atoms with Crippen LogP contribution in [0.3, 0.4) is 0 Å². The maximum Gasteiger partial charge on any atom is 0.284 e. The first-order valence-electron chi connectivity index (χ1n) is 12.5. The Kier molecular flexibility index (Phi) is 6.97. The SMILES string of the molecule is CC(C)(O)C(=O)N1CCC(N2CC(n3cc(NC(=O)c4cccc(-c5cc[nH]n5)n4)c(C(F)F)n3)C2)CC1. The number of likely N-dealkylation sites (tertiary alicyclic amines) is 2. The molecule has 38 heavy (non-hydrogen) atoms. The van der Waals surface area contributed by atoms with Crippen molar-refractivity contribution in [2.24, 2.45) is 0 Å². The van der Waals surface area contributed by atoms with E-state index < -0.39 is 23.6 Å². The van der Waals surface area contributed by atoms with Crippen LogP contribution >= 0.6 is 0 Å². The van der Waals surface area contributed by atoms with Gasteiger partial charge in [0.2, 0.25) is 0 Å². The number of rotatable bonds is 7. The fourth-order valence-electron chi connectivity index (χ4n) is 4.92. The standard InChI is InChI=1S/C25H30F2N8O3/c1-25(2,38)24(37)33-10-7-15(8-11-33)34-12-16(13-34)35-14-20(21(32-35)22(26)27)30-23(36)19-5-3-4-17(29-19)18-6-9-28-31-18/h3-6,9,14-16,22,38H,7-8,10-13H2,1-2H3,(H,28,31)(H,30,36). The first kappa shape index (κ1) is 25.9. The molecule has 2 aliphatic heterocycles. The molecule has 3 aromatic rings. The van der Waals surface area contributed by atoms with Crippen LogP contribution in [0.4, 0.5) is 14.5 Å². The summed E-state index contributed by atoms with van der Waals surface area (Å²) in [4.78, 5) is 33.4. The van der Waals surface area contributed by atoms with Crippen molar-refractivity contribution in [3.63, 3.8) is 0 Å². The Morgan fingerprint density at radius 2 is 1.87 bits per heavy atom. The minimum absolute atomic E-state index is 0.0474. The molecule has 0 radical (unpaired) electrons. The van der Waals surface area contributed by atoms with E-state index in [1.54, 1.807) is 29.3 Å². The number of hydrogen-bond acceptors (Lipinski definition) is 7. The Morgan fingerprint density at radius 1 is 1.13 bits per heavy atom. The minimum Gasteiger partial charge on any atom is -0.381 e. The zero-order valence-electron chi connectivity index (χ0n) is 21.1. The minimum atomic E-state index is -2.86. The predicted octanol–water partition coefficient (Wildman–Crippen LogP) is 2.48. The zero-order chi connectivity index (χ0) is 27.0. The molecule has 3 N–H and O–H groups in total. The lowest BCUT2D eigenvalue weighted by molar-refractivity contribution is -0.149. The molecular formula is C25H30F2N8O3.